The van der Waals surface area contributed by atoms with Gasteiger partial charge in [-0.3, -0.25) is 24.1 Å². The van der Waals surface area contributed by atoms with Crippen LogP contribution in [0, 0.1) is 12.3 Å². The molecule has 75 heavy (non-hydrogen) atoms. The van der Waals surface area contributed by atoms with E-state index in [1.54, 1.807) is 54.1 Å². The van der Waals surface area contributed by atoms with E-state index in [1.807, 2.05) is 69.6 Å². The lowest BCUT2D eigenvalue weighted by atomic mass is 9.85. The Balaban J connectivity index is 0.741. The predicted octanol–water partition coefficient (Wildman–Crippen LogP) is 5.68. The number of hydrogen-bond acceptors (Lipinski definition) is 15. The number of hydrogen-bond donors (Lipinski definition) is 5. The van der Waals surface area contributed by atoms with Crippen LogP contribution in [0.4, 0.5) is 17.3 Å². The van der Waals surface area contributed by atoms with E-state index in [0.717, 1.165) is 78.6 Å². The molecule has 20 heteroatoms. The summed E-state index contributed by atoms with van der Waals surface area (Å²) in [5.74, 6) is -0.316. The van der Waals surface area contributed by atoms with Crippen molar-refractivity contribution in [3.05, 3.63) is 118 Å². The number of rotatable bonds is 21. The van der Waals surface area contributed by atoms with E-state index >= 15 is 0 Å². The van der Waals surface area contributed by atoms with Gasteiger partial charge in [0.2, 0.25) is 23.7 Å². The molecule has 8 rings (SSSR count). The predicted molar refractivity (Wildman–Crippen MR) is 291 cm³/mol. The Hall–Kier alpha value is -6.84. The molecule has 0 bridgehead atoms. The van der Waals surface area contributed by atoms with Crippen molar-refractivity contribution in [3.63, 3.8) is 0 Å². The first-order valence-electron chi connectivity index (χ1n) is 25.6. The number of pyridine rings is 1. The van der Waals surface area contributed by atoms with Crippen LogP contribution in [-0.4, -0.2) is 138 Å². The van der Waals surface area contributed by atoms with Crippen molar-refractivity contribution in [2.75, 3.05) is 62.7 Å². The quantitative estimate of drug-likeness (QED) is 0.0432. The van der Waals surface area contributed by atoms with Gasteiger partial charge in [-0.2, -0.15) is 4.98 Å². The summed E-state index contributed by atoms with van der Waals surface area (Å²) >= 11 is 1.58. The van der Waals surface area contributed by atoms with Gasteiger partial charge in [0.15, 0.2) is 11.5 Å². The molecular formula is C55H70N12O7S. The zero-order valence-corrected chi connectivity index (χ0v) is 44.6. The number of aliphatic hydroxyl groups is 2. The summed E-state index contributed by atoms with van der Waals surface area (Å²) in [6.45, 7) is 20.5. The van der Waals surface area contributed by atoms with Gasteiger partial charge >= 0.3 is 0 Å². The minimum Gasteiger partial charge on any atom is -0.391 e. The van der Waals surface area contributed by atoms with Gasteiger partial charge in [0.25, 0.3) is 5.56 Å². The van der Waals surface area contributed by atoms with Crippen molar-refractivity contribution in [1.82, 2.24) is 49.7 Å². The third-order valence-corrected chi connectivity index (χ3v) is 14.6. The molecule has 2 aromatic carbocycles. The monoisotopic (exact) mass is 1040 g/mol. The number of piperazine rings is 1. The Bertz CT molecular complexity index is 3010. The second-order valence-corrected chi connectivity index (χ2v) is 21.7. The van der Waals surface area contributed by atoms with Gasteiger partial charge in [0.1, 0.15) is 23.1 Å². The van der Waals surface area contributed by atoms with E-state index in [9.17, 15) is 29.4 Å². The van der Waals surface area contributed by atoms with Crippen LogP contribution >= 0.6 is 11.3 Å². The highest BCUT2D eigenvalue weighted by Crippen LogP contribution is 2.29. The zero-order chi connectivity index (χ0) is 53.4. The number of anilines is 3. The summed E-state index contributed by atoms with van der Waals surface area (Å²) in [5.41, 5.74) is 5.35. The summed E-state index contributed by atoms with van der Waals surface area (Å²) < 4.78 is 8.99. The maximum Gasteiger partial charge on any atom is 0.278 e. The normalized spacial score (nSPS) is 16.8. The van der Waals surface area contributed by atoms with E-state index in [4.69, 9.17) is 9.72 Å². The van der Waals surface area contributed by atoms with Gasteiger partial charge in [-0.25, -0.2) is 24.3 Å². The van der Waals surface area contributed by atoms with Gasteiger partial charge in [0, 0.05) is 76.3 Å². The summed E-state index contributed by atoms with van der Waals surface area (Å²) in [6, 6.07) is 19.5. The molecule has 0 radical (unpaired) electrons. The number of amides is 3. The zero-order valence-electron chi connectivity index (χ0n) is 43.8. The van der Waals surface area contributed by atoms with Gasteiger partial charge in [0.05, 0.1) is 41.0 Å². The van der Waals surface area contributed by atoms with Crippen LogP contribution in [0.2, 0.25) is 0 Å². The molecule has 0 aliphatic carbocycles. The third kappa shape index (κ3) is 13.3. The molecule has 3 amide bonds. The lowest BCUT2D eigenvalue weighted by Gasteiger charge is -2.36. The van der Waals surface area contributed by atoms with Crippen molar-refractivity contribution in [3.8, 4) is 16.3 Å². The first kappa shape index (κ1) is 54.4. The average molecular weight is 1040 g/mol. The number of ether oxygens (including phenoxy) is 1. The van der Waals surface area contributed by atoms with Crippen molar-refractivity contribution < 1.29 is 29.3 Å². The number of benzene rings is 2. The van der Waals surface area contributed by atoms with E-state index < -0.39 is 35.1 Å². The van der Waals surface area contributed by atoms with Crippen LogP contribution in [0.5, 0.6) is 0 Å². The molecule has 398 valence electrons. The standard InChI is InChI=1S/C55H70N12O7S/c1-8-23-66-51(71)42-33-57-53(62-49(42)67(66)45-13-11-12-44(60-45)55(6,7)73)59-39-18-20-40(21-19-39)64-27-25-63(26-28-64)24-9-10-29-74-30-22-46(69)61-48(54(3,4)5)52(72)65-34-41(68)31-43(65)50(70)56-32-37-14-16-38(17-15-37)47-36(2)58-35-75-47/h8,11-21,33,35,41,43,48,68,73H,1,9-10,22-32,34H2,2-7H3,(H,56,70)(H,61,69)(H,57,59,62)/t41-,43+,48-/m1/s1. The van der Waals surface area contributed by atoms with Gasteiger partial charge in [-0.05, 0) is 93.1 Å². The summed E-state index contributed by atoms with van der Waals surface area (Å²) in [7, 11) is 0. The molecule has 6 heterocycles. The number of unbranched alkanes of at least 4 members (excludes halogenated alkanes) is 1. The highest BCUT2D eigenvalue weighted by molar-refractivity contribution is 7.13. The van der Waals surface area contributed by atoms with Crippen molar-refractivity contribution in [2.45, 2.75) is 104 Å². The Labute approximate surface area is 441 Å². The van der Waals surface area contributed by atoms with E-state index in [-0.39, 0.29) is 56.5 Å². The van der Waals surface area contributed by atoms with Gasteiger partial charge in [-0.15, -0.1) is 17.9 Å². The van der Waals surface area contributed by atoms with Gasteiger partial charge < -0.3 is 40.7 Å². The fraction of sp³-hybridized carbons (Fsp3) is 0.455. The molecule has 0 saturated carbocycles. The second-order valence-electron chi connectivity index (χ2n) is 20.9. The van der Waals surface area contributed by atoms with Crippen LogP contribution in [-0.2, 0) is 37.8 Å². The topological polar surface area (TPSA) is 225 Å². The number of carbonyl (C=O) groups excluding carboxylic acids is 3. The highest BCUT2D eigenvalue weighted by atomic mass is 32.1. The first-order chi connectivity index (χ1) is 35.9. The fourth-order valence-electron chi connectivity index (χ4n) is 9.42. The number of likely N-dealkylation sites (tertiary alicyclic amines) is 1. The molecule has 3 atom stereocenters. The van der Waals surface area contributed by atoms with E-state index in [0.29, 0.717) is 35.1 Å². The molecule has 2 saturated heterocycles. The highest BCUT2D eigenvalue weighted by Gasteiger charge is 2.44. The number of nitrogens with zero attached hydrogens (tertiary/aromatic N) is 9. The molecule has 19 nitrogen and oxygen atoms in total. The Morgan fingerprint density at radius 3 is 2.37 bits per heavy atom. The van der Waals surface area contributed by atoms with Crippen LogP contribution in [0.1, 0.15) is 77.3 Å². The lowest BCUT2D eigenvalue weighted by Crippen LogP contribution is -2.57. The van der Waals surface area contributed by atoms with Crippen molar-refractivity contribution in [1.29, 1.82) is 0 Å². The molecule has 4 aromatic heterocycles. The number of nitrogens with one attached hydrogen (secondary N) is 3. The molecule has 2 fully saturated rings. The number of carbonyl (C=O) groups is 3. The van der Waals surface area contributed by atoms with Crippen molar-refractivity contribution >= 4 is 57.4 Å². The SMILES string of the molecule is C=CCn1c(=O)c2cnc(Nc3ccc(N4CCN(CCCCOCCC(=O)N[C@H](C(=O)N5C[C@H](O)C[C@H]5C(=O)NCc5ccc(-c6scnc6C)cc5)C(C)(C)C)CC4)cc3)nc2n1-c1cccc(C(C)(C)O)n1. The average Bonchev–Trinajstić information content (AvgIpc) is 4.08. The molecule has 2 aliphatic heterocycles. The molecule has 6 aromatic rings. The maximum absolute atomic E-state index is 14.1. The lowest BCUT2D eigenvalue weighted by molar-refractivity contribution is -0.144. The number of fused-ring (bicyclic) bond motifs is 1. The van der Waals surface area contributed by atoms with E-state index in [1.165, 1.54) is 15.8 Å². The smallest absolute Gasteiger partial charge is 0.278 e. The molecule has 2 aliphatic rings. The Morgan fingerprint density at radius 1 is 0.947 bits per heavy atom. The van der Waals surface area contributed by atoms with Crippen molar-refractivity contribution in [2.24, 2.45) is 5.41 Å². The fourth-order valence-corrected chi connectivity index (χ4v) is 10.2. The van der Waals surface area contributed by atoms with Crippen LogP contribution in [0.15, 0.2) is 95.9 Å². The molecular weight excluding hydrogens is 973 g/mol. The number of thiazole rings is 1. The number of aliphatic hydroxyl groups excluding tert-OH is 1. The largest absolute Gasteiger partial charge is 0.391 e. The number of β-amino-alcohol motifs (C(OH)–C–C–N with tert-alkyl or cyclic N) is 1. The Morgan fingerprint density at radius 2 is 1.69 bits per heavy atom. The number of aryl methyl sites for hydroxylation is 1. The Kier molecular flexibility index (Phi) is 17.3. The molecule has 0 unspecified atom stereocenters. The second kappa shape index (κ2) is 23.8. The summed E-state index contributed by atoms with van der Waals surface area (Å²) in [6.07, 6.45) is 4.29. The minimum absolute atomic E-state index is 0.00715. The number of aromatic nitrogens is 6. The van der Waals surface area contributed by atoms with Crippen LogP contribution < -0.4 is 26.4 Å². The molecule has 0 spiro atoms. The number of allylic oxidation sites excluding steroid dienone is 1. The van der Waals surface area contributed by atoms with E-state index in [2.05, 4.69) is 59.4 Å². The summed E-state index contributed by atoms with van der Waals surface area (Å²) in [4.78, 5) is 79.7. The van der Waals surface area contributed by atoms with Crippen LogP contribution in [0.3, 0.4) is 0 Å². The molecule has 5 N–H and O–H groups in total. The third-order valence-electron chi connectivity index (χ3n) is 13.6. The minimum atomic E-state index is -1.19. The van der Waals surface area contributed by atoms with Crippen LogP contribution in [0.25, 0.3) is 27.3 Å². The summed E-state index contributed by atoms with van der Waals surface area (Å²) in [5, 5.41) is 30.7. The van der Waals surface area contributed by atoms with Gasteiger partial charge in [-0.1, -0.05) is 57.2 Å². The maximum atomic E-state index is 14.1. The first-order valence-corrected chi connectivity index (χ1v) is 26.5.